The summed E-state index contributed by atoms with van der Waals surface area (Å²) in [6.45, 7) is 2.04. The Hall–Kier alpha value is -1.14. The molecule has 3 amide bonds. The van der Waals surface area contributed by atoms with Crippen LogP contribution in [-0.2, 0) is 4.79 Å². The highest BCUT2D eigenvalue weighted by atomic mass is 16.2. The SMILES string of the molecule is CCN1C(=O)CC(N)(N)NC1=O. The molecule has 0 aliphatic carbocycles. The van der Waals surface area contributed by atoms with Crippen molar-refractivity contribution in [2.24, 2.45) is 11.5 Å². The molecular formula is C6H12N4O2. The van der Waals surface area contributed by atoms with Crippen LogP contribution >= 0.6 is 0 Å². The number of nitrogens with two attached hydrogens (primary N) is 2. The summed E-state index contributed by atoms with van der Waals surface area (Å²) in [5.41, 5.74) is 10.7. The number of rotatable bonds is 1. The standard InChI is InChI=1S/C6H12N4O2/c1-2-10-4(11)3-6(7,8)9-5(10)12/h2-3,7-8H2,1H3,(H,9,12). The minimum absolute atomic E-state index is 0.0629. The molecule has 1 heterocycles. The van der Waals surface area contributed by atoms with Crippen LogP contribution in [0.4, 0.5) is 4.79 Å². The third-order valence-electron chi connectivity index (χ3n) is 1.65. The van der Waals surface area contributed by atoms with Gasteiger partial charge in [-0.1, -0.05) is 0 Å². The Balaban J connectivity index is 2.77. The topological polar surface area (TPSA) is 101 Å². The highest BCUT2D eigenvalue weighted by Crippen LogP contribution is 2.07. The Bertz CT molecular complexity index is 206. The van der Waals surface area contributed by atoms with E-state index in [-0.39, 0.29) is 12.3 Å². The molecule has 0 aromatic heterocycles. The van der Waals surface area contributed by atoms with E-state index in [9.17, 15) is 9.59 Å². The van der Waals surface area contributed by atoms with Crippen molar-refractivity contribution in [1.29, 1.82) is 0 Å². The van der Waals surface area contributed by atoms with Gasteiger partial charge in [-0.2, -0.15) is 0 Å². The van der Waals surface area contributed by atoms with Gasteiger partial charge in [0.15, 0.2) is 5.79 Å². The molecule has 1 aliphatic heterocycles. The number of hydrogen-bond acceptors (Lipinski definition) is 4. The third-order valence-corrected chi connectivity index (χ3v) is 1.65. The van der Waals surface area contributed by atoms with E-state index in [1.54, 1.807) is 6.92 Å². The number of hydrogen-bond donors (Lipinski definition) is 3. The summed E-state index contributed by atoms with van der Waals surface area (Å²) in [6.07, 6.45) is -0.0629. The summed E-state index contributed by atoms with van der Waals surface area (Å²) in [6, 6.07) is -0.529. The van der Waals surface area contributed by atoms with Gasteiger partial charge >= 0.3 is 6.03 Å². The highest BCUT2D eigenvalue weighted by molar-refractivity contribution is 5.97. The van der Waals surface area contributed by atoms with Crippen molar-refractivity contribution in [2.45, 2.75) is 19.1 Å². The Morgan fingerprint density at radius 1 is 1.58 bits per heavy atom. The van der Waals surface area contributed by atoms with Crippen molar-refractivity contribution in [2.75, 3.05) is 6.54 Å². The summed E-state index contributed by atoms with van der Waals surface area (Å²) < 4.78 is 0. The first-order chi connectivity index (χ1) is 5.46. The summed E-state index contributed by atoms with van der Waals surface area (Å²) in [4.78, 5) is 23.3. The van der Waals surface area contributed by atoms with Gasteiger partial charge in [-0.15, -0.1) is 0 Å². The smallest absolute Gasteiger partial charge is 0.307 e. The van der Waals surface area contributed by atoms with Gasteiger partial charge < -0.3 is 5.32 Å². The Morgan fingerprint density at radius 3 is 2.58 bits per heavy atom. The summed E-state index contributed by atoms with van der Waals surface area (Å²) >= 11 is 0. The van der Waals surface area contributed by atoms with Crippen molar-refractivity contribution in [3.05, 3.63) is 0 Å². The average Bonchev–Trinajstić information content (AvgIpc) is 1.82. The van der Waals surface area contributed by atoms with Crippen LogP contribution in [0.25, 0.3) is 0 Å². The van der Waals surface area contributed by atoms with Crippen LogP contribution in [0.1, 0.15) is 13.3 Å². The zero-order valence-corrected chi connectivity index (χ0v) is 6.83. The lowest BCUT2D eigenvalue weighted by atomic mass is 10.2. The predicted molar refractivity (Wildman–Crippen MR) is 41.6 cm³/mol. The van der Waals surface area contributed by atoms with Crippen LogP contribution in [0.2, 0.25) is 0 Å². The molecule has 1 rings (SSSR count). The first kappa shape index (κ1) is 8.95. The van der Waals surface area contributed by atoms with E-state index < -0.39 is 11.8 Å². The van der Waals surface area contributed by atoms with Crippen molar-refractivity contribution < 1.29 is 9.59 Å². The number of amides is 3. The number of urea groups is 1. The van der Waals surface area contributed by atoms with Crippen LogP contribution in [0.3, 0.4) is 0 Å². The lowest BCUT2D eigenvalue weighted by Crippen LogP contribution is -2.71. The maximum absolute atomic E-state index is 11.2. The monoisotopic (exact) mass is 172 g/mol. The number of carbonyl (C=O) groups is 2. The molecule has 0 aromatic carbocycles. The molecule has 0 atom stereocenters. The van der Waals surface area contributed by atoms with Crippen LogP contribution in [0, 0.1) is 0 Å². The van der Waals surface area contributed by atoms with Gasteiger partial charge in [-0.25, -0.2) is 4.79 Å². The molecule has 0 unspecified atom stereocenters. The molecule has 6 nitrogen and oxygen atoms in total. The van der Waals surface area contributed by atoms with E-state index >= 15 is 0 Å². The van der Waals surface area contributed by atoms with Crippen molar-refractivity contribution in [3.63, 3.8) is 0 Å². The fourth-order valence-corrected chi connectivity index (χ4v) is 1.09. The Morgan fingerprint density at radius 2 is 2.17 bits per heavy atom. The molecule has 0 saturated carbocycles. The molecule has 0 aromatic rings. The molecule has 1 aliphatic rings. The lowest BCUT2D eigenvalue weighted by Gasteiger charge is -2.34. The van der Waals surface area contributed by atoms with Gasteiger partial charge in [-0.05, 0) is 6.92 Å². The van der Waals surface area contributed by atoms with Gasteiger partial charge in [-0.3, -0.25) is 21.2 Å². The van der Waals surface area contributed by atoms with Crippen molar-refractivity contribution in [3.8, 4) is 0 Å². The fraction of sp³-hybridized carbons (Fsp3) is 0.667. The second kappa shape index (κ2) is 2.72. The highest BCUT2D eigenvalue weighted by Gasteiger charge is 2.36. The number of nitrogens with one attached hydrogen (secondary N) is 1. The summed E-state index contributed by atoms with van der Waals surface area (Å²) in [7, 11) is 0. The van der Waals surface area contributed by atoms with Crippen molar-refractivity contribution >= 4 is 11.9 Å². The Kier molecular flexibility index (Phi) is 2.03. The van der Waals surface area contributed by atoms with Crippen LogP contribution in [0.15, 0.2) is 0 Å². The molecule has 6 heteroatoms. The predicted octanol–water partition coefficient (Wildman–Crippen LogP) is -1.48. The summed E-state index contributed by atoms with van der Waals surface area (Å²) in [5.74, 6) is -1.73. The quantitative estimate of drug-likeness (QED) is 0.420. The van der Waals surface area contributed by atoms with E-state index in [0.29, 0.717) is 6.54 Å². The van der Waals surface area contributed by atoms with E-state index in [0.717, 1.165) is 4.90 Å². The largest absolute Gasteiger partial charge is 0.326 e. The maximum Gasteiger partial charge on any atom is 0.326 e. The minimum atomic E-state index is -1.39. The van der Waals surface area contributed by atoms with Gasteiger partial charge in [0, 0.05) is 6.54 Å². The normalized spacial score (nSPS) is 22.4. The van der Waals surface area contributed by atoms with Crippen LogP contribution in [-0.4, -0.2) is 29.2 Å². The molecule has 0 radical (unpaired) electrons. The minimum Gasteiger partial charge on any atom is -0.307 e. The summed E-state index contributed by atoms with van der Waals surface area (Å²) in [5, 5.41) is 2.31. The molecule has 0 spiro atoms. The van der Waals surface area contributed by atoms with E-state index in [1.807, 2.05) is 0 Å². The van der Waals surface area contributed by atoms with Crippen LogP contribution < -0.4 is 16.8 Å². The second-order valence-electron chi connectivity index (χ2n) is 2.79. The average molecular weight is 172 g/mol. The van der Waals surface area contributed by atoms with Crippen molar-refractivity contribution in [1.82, 2.24) is 10.2 Å². The Labute approximate surface area is 69.9 Å². The molecule has 5 N–H and O–H groups in total. The molecule has 1 saturated heterocycles. The van der Waals surface area contributed by atoms with Gasteiger partial charge in [0.2, 0.25) is 5.91 Å². The number of nitrogens with zero attached hydrogens (tertiary/aromatic N) is 1. The maximum atomic E-state index is 11.2. The second-order valence-corrected chi connectivity index (χ2v) is 2.79. The number of imide groups is 1. The zero-order chi connectivity index (χ0) is 9.35. The van der Waals surface area contributed by atoms with E-state index in [2.05, 4.69) is 5.32 Å². The van der Waals surface area contributed by atoms with Gasteiger partial charge in [0.1, 0.15) is 0 Å². The van der Waals surface area contributed by atoms with Gasteiger partial charge in [0.25, 0.3) is 0 Å². The lowest BCUT2D eigenvalue weighted by molar-refractivity contribution is -0.131. The third kappa shape index (κ3) is 1.54. The first-order valence-electron chi connectivity index (χ1n) is 3.66. The molecule has 1 fully saturated rings. The molecule has 0 bridgehead atoms. The van der Waals surface area contributed by atoms with E-state index in [4.69, 9.17) is 11.5 Å². The van der Waals surface area contributed by atoms with Gasteiger partial charge in [0.05, 0.1) is 6.42 Å². The van der Waals surface area contributed by atoms with E-state index in [1.165, 1.54) is 0 Å². The first-order valence-corrected chi connectivity index (χ1v) is 3.66. The molecule has 68 valence electrons. The zero-order valence-electron chi connectivity index (χ0n) is 6.83. The van der Waals surface area contributed by atoms with Crippen LogP contribution in [0.5, 0.6) is 0 Å². The molecule has 12 heavy (non-hydrogen) atoms. The number of carbonyl (C=O) groups excluding carboxylic acids is 2. The molecular weight excluding hydrogens is 160 g/mol. The fourth-order valence-electron chi connectivity index (χ4n) is 1.09.